The van der Waals surface area contributed by atoms with Crippen molar-refractivity contribution in [3.8, 4) is 5.75 Å². The van der Waals surface area contributed by atoms with E-state index < -0.39 is 5.97 Å². The van der Waals surface area contributed by atoms with Gasteiger partial charge < -0.3 is 4.74 Å². The van der Waals surface area contributed by atoms with Crippen LogP contribution in [-0.2, 0) is 4.79 Å². The van der Waals surface area contributed by atoms with Crippen LogP contribution in [0.3, 0.4) is 0 Å². The number of benzene rings is 2. The second-order valence-electron chi connectivity index (χ2n) is 4.90. The molecule has 0 bridgehead atoms. The molecule has 0 amide bonds. The van der Waals surface area contributed by atoms with Gasteiger partial charge in [0.05, 0.1) is 5.39 Å². The number of fused-ring (bicyclic) bond motifs is 2. The van der Waals surface area contributed by atoms with Crippen molar-refractivity contribution < 1.29 is 9.53 Å². The number of ether oxygens (including phenoxy) is 1. The highest BCUT2D eigenvalue weighted by atomic mass is 32.1. The number of rotatable bonds is 3. The quantitative estimate of drug-likeness (QED) is 0.314. The molecule has 0 aliphatic rings. The third-order valence-corrected chi connectivity index (χ3v) is 4.62. The Morgan fingerprint density at radius 3 is 2.64 bits per heavy atom. The molecule has 0 atom stereocenters. The van der Waals surface area contributed by atoms with E-state index in [2.05, 4.69) is 6.58 Å². The lowest BCUT2D eigenvalue weighted by atomic mass is 10.1. The molecule has 1 heterocycles. The van der Waals surface area contributed by atoms with Crippen molar-refractivity contribution in [3.05, 3.63) is 64.8 Å². The lowest BCUT2D eigenvalue weighted by Crippen LogP contribution is -2.12. The largest absolute Gasteiger partial charge is 0.422 e. The lowest BCUT2D eigenvalue weighted by Gasteiger charge is -2.08. The third-order valence-electron chi connectivity index (χ3n) is 3.48. The van der Waals surface area contributed by atoms with E-state index in [1.165, 1.54) is 11.3 Å². The fraction of sp³-hybridized carbons (Fsp3) is 0.111. The summed E-state index contributed by atoms with van der Waals surface area (Å²) in [5.41, 5.74) is 0.267. The van der Waals surface area contributed by atoms with Crippen LogP contribution in [0.1, 0.15) is 13.3 Å². The maximum Gasteiger partial charge on any atom is 0.338 e. The highest BCUT2D eigenvalue weighted by Crippen LogP contribution is 2.30. The Balaban J connectivity index is 2.24. The van der Waals surface area contributed by atoms with E-state index >= 15 is 0 Å². The molecular weight excluding hydrogens is 296 g/mol. The predicted molar refractivity (Wildman–Crippen MR) is 90.7 cm³/mol. The molecular formula is C18H14O3S. The van der Waals surface area contributed by atoms with Crippen LogP contribution >= 0.6 is 11.3 Å². The molecule has 3 aromatic rings. The molecule has 0 fully saturated rings. The molecule has 0 spiro atoms. The zero-order valence-corrected chi connectivity index (χ0v) is 12.9. The Morgan fingerprint density at radius 2 is 1.86 bits per heavy atom. The van der Waals surface area contributed by atoms with Gasteiger partial charge in [-0.1, -0.05) is 31.7 Å². The van der Waals surface area contributed by atoms with Gasteiger partial charge in [-0.3, -0.25) is 4.79 Å². The van der Waals surface area contributed by atoms with E-state index in [9.17, 15) is 9.59 Å². The highest BCUT2D eigenvalue weighted by Gasteiger charge is 2.14. The van der Waals surface area contributed by atoms with E-state index in [0.717, 1.165) is 9.40 Å². The molecule has 2 aromatic carbocycles. The zero-order valence-electron chi connectivity index (χ0n) is 12.1. The van der Waals surface area contributed by atoms with Gasteiger partial charge in [-0.25, -0.2) is 4.79 Å². The molecule has 3 rings (SSSR count). The molecule has 0 N–H and O–H groups in total. The van der Waals surface area contributed by atoms with Crippen LogP contribution in [-0.4, -0.2) is 5.97 Å². The predicted octanol–water partition coefficient (Wildman–Crippen LogP) is 4.29. The normalized spacial score (nSPS) is 10.8. The molecule has 0 unspecified atom stereocenters. The summed E-state index contributed by atoms with van der Waals surface area (Å²) in [6.07, 6.45) is 0.513. The van der Waals surface area contributed by atoms with E-state index in [1.807, 2.05) is 31.2 Å². The SMILES string of the molecule is C=C(CC)C(=O)Oc1cccc2sc3ccccc3c(=O)c12. The van der Waals surface area contributed by atoms with Gasteiger partial charge in [-0.05, 0) is 30.7 Å². The first-order valence-corrected chi connectivity index (χ1v) is 7.78. The minimum atomic E-state index is -0.493. The summed E-state index contributed by atoms with van der Waals surface area (Å²) in [4.78, 5) is 24.7. The van der Waals surface area contributed by atoms with Crippen molar-refractivity contribution in [2.45, 2.75) is 13.3 Å². The number of carbonyl (C=O) groups is 1. The van der Waals surface area contributed by atoms with Crippen molar-refractivity contribution in [1.82, 2.24) is 0 Å². The zero-order chi connectivity index (χ0) is 15.7. The first-order chi connectivity index (χ1) is 10.6. The van der Waals surface area contributed by atoms with Crippen LogP contribution in [0.15, 0.2) is 59.4 Å². The average Bonchev–Trinajstić information content (AvgIpc) is 2.54. The average molecular weight is 310 g/mol. The van der Waals surface area contributed by atoms with Crippen molar-refractivity contribution in [1.29, 1.82) is 0 Å². The fourth-order valence-electron chi connectivity index (χ4n) is 2.22. The van der Waals surface area contributed by atoms with Gasteiger partial charge in [-0.2, -0.15) is 0 Å². The first kappa shape index (κ1) is 14.5. The topological polar surface area (TPSA) is 43.4 Å². The Kier molecular flexibility index (Phi) is 3.77. The Hall–Kier alpha value is -2.46. The fourth-order valence-corrected chi connectivity index (χ4v) is 3.31. The Labute approximate surface area is 131 Å². The summed E-state index contributed by atoms with van der Waals surface area (Å²) in [5, 5.41) is 1.08. The smallest absolute Gasteiger partial charge is 0.338 e. The standard InChI is InChI=1S/C18H14O3S/c1-3-11(2)18(20)21-13-8-6-10-15-16(13)17(19)12-7-4-5-9-14(12)22-15/h4-10H,2-3H2,1H3. The van der Waals surface area contributed by atoms with Crippen LogP contribution < -0.4 is 10.2 Å². The van der Waals surface area contributed by atoms with E-state index in [0.29, 0.717) is 28.5 Å². The van der Waals surface area contributed by atoms with Crippen LogP contribution in [0.5, 0.6) is 5.75 Å². The minimum Gasteiger partial charge on any atom is -0.422 e. The second-order valence-corrected chi connectivity index (χ2v) is 5.99. The molecule has 22 heavy (non-hydrogen) atoms. The summed E-state index contributed by atoms with van der Waals surface area (Å²) < 4.78 is 7.10. The summed E-state index contributed by atoms with van der Waals surface area (Å²) in [6, 6.07) is 12.7. The van der Waals surface area contributed by atoms with E-state index in [-0.39, 0.29) is 5.43 Å². The lowest BCUT2D eigenvalue weighted by molar-refractivity contribution is -0.130. The summed E-state index contributed by atoms with van der Waals surface area (Å²) >= 11 is 1.51. The number of hydrogen-bond acceptors (Lipinski definition) is 4. The highest BCUT2D eigenvalue weighted by molar-refractivity contribution is 7.24. The van der Waals surface area contributed by atoms with Gasteiger partial charge in [-0.15, -0.1) is 11.3 Å². The molecule has 4 heteroatoms. The maximum absolute atomic E-state index is 12.7. The van der Waals surface area contributed by atoms with Crippen molar-refractivity contribution in [3.63, 3.8) is 0 Å². The van der Waals surface area contributed by atoms with E-state index in [1.54, 1.807) is 18.2 Å². The van der Waals surface area contributed by atoms with Crippen molar-refractivity contribution in [2.24, 2.45) is 0 Å². The van der Waals surface area contributed by atoms with Crippen LogP contribution in [0.25, 0.3) is 20.2 Å². The van der Waals surface area contributed by atoms with Gasteiger partial charge >= 0.3 is 5.97 Å². The maximum atomic E-state index is 12.7. The summed E-state index contributed by atoms with van der Waals surface area (Å²) in [6.45, 7) is 5.51. The molecule has 0 radical (unpaired) electrons. The molecule has 1 aromatic heterocycles. The Bertz CT molecular complexity index is 953. The van der Waals surface area contributed by atoms with Crippen LogP contribution in [0.2, 0.25) is 0 Å². The number of carbonyl (C=O) groups excluding carboxylic acids is 1. The number of hydrogen-bond donors (Lipinski definition) is 0. The van der Waals surface area contributed by atoms with Gasteiger partial charge in [0.25, 0.3) is 0 Å². The van der Waals surface area contributed by atoms with Gasteiger partial charge in [0.1, 0.15) is 5.75 Å². The first-order valence-electron chi connectivity index (χ1n) is 6.96. The molecule has 0 aliphatic carbocycles. The van der Waals surface area contributed by atoms with Crippen molar-refractivity contribution in [2.75, 3.05) is 0 Å². The minimum absolute atomic E-state index is 0.116. The molecule has 3 nitrogen and oxygen atoms in total. The summed E-state index contributed by atoms with van der Waals surface area (Å²) in [5.74, 6) is -0.198. The molecule has 110 valence electrons. The molecule has 0 aliphatic heterocycles. The van der Waals surface area contributed by atoms with Gasteiger partial charge in [0.2, 0.25) is 0 Å². The monoisotopic (exact) mass is 310 g/mol. The van der Waals surface area contributed by atoms with E-state index in [4.69, 9.17) is 4.74 Å². The molecule has 0 saturated carbocycles. The molecule has 0 saturated heterocycles. The van der Waals surface area contributed by atoms with Crippen LogP contribution in [0.4, 0.5) is 0 Å². The van der Waals surface area contributed by atoms with Gasteiger partial charge in [0.15, 0.2) is 5.43 Å². The third kappa shape index (κ3) is 2.42. The number of esters is 1. The summed E-state index contributed by atoms with van der Waals surface area (Å²) in [7, 11) is 0. The van der Waals surface area contributed by atoms with Gasteiger partial charge in [0, 0.05) is 20.4 Å². The Morgan fingerprint density at radius 1 is 1.14 bits per heavy atom. The van der Waals surface area contributed by atoms with Crippen molar-refractivity contribution >= 4 is 37.5 Å². The second kappa shape index (κ2) is 5.73. The van der Waals surface area contributed by atoms with Crippen LogP contribution in [0, 0.1) is 0 Å².